The molecule has 0 fully saturated rings. The molecule has 0 atom stereocenters. The normalized spacial score (nSPS) is 11.2. The van der Waals surface area contributed by atoms with Crippen molar-refractivity contribution in [3.63, 3.8) is 0 Å². The molecular weight excluding hydrogens is 358 g/mol. The van der Waals surface area contributed by atoms with Crippen LogP contribution in [0.25, 0.3) is 21.8 Å². The maximum absolute atomic E-state index is 4.69. The minimum Gasteiger partial charge on any atom is -0.376 e. The smallest absolute Gasteiger partial charge is 0.0723 e. The molecule has 2 aromatic heterocycles. The number of thioether (sulfide) groups is 1. The zero-order valence-corrected chi connectivity index (χ0v) is 16.6. The number of hydrogen-bond donors (Lipinski definition) is 0. The van der Waals surface area contributed by atoms with Crippen LogP contribution in [0.1, 0.15) is 0 Å². The Morgan fingerprint density at radius 3 is 2.00 bits per heavy atom. The van der Waals surface area contributed by atoms with Gasteiger partial charge in [0.1, 0.15) is 0 Å². The minimum absolute atomic E-state index is 1.02. The third kappa shape index (κ3) is 3.02. The van der Waals surface area contributed by atoms with Crippen molar-refractivity contribution < 1.29 is 0 Å². The van der Waals surface area contributed by atoms with Crippen molar-refractivity contribution in [2.75, 3.05) is 25.3 Å². The summed E-state index contributed by atoms with van der Waals surface area (Å²) in [4.78, 5) is 15.0. The van der Waals surface area contributed by atoms with E-state index in [2.05, 4.69) is 71.6 Å². The molecule has 0 unspecified atom stereocenters. The summed E-state index contributed by atoms with van der Waals surface area (Å²) in [5.41, 5.74) is 3.24. The quantitative estimate of drug-likeness (QED) is 0.424. The van der Waals surface area contributed by atoms with Gasteiger partial charge in [0.05, 0.1) is 21.6 Å². The molecule has 0 aliphatic heterocycles. The molecule has 0 saturated heterocycles. The number of pyridine rings is 2. The minimum atomic E-state index is 1.02. The Balaban J connectivity index is 1.93. The van der Waals surface area contributed by atoms with Crippen molar-refractivity contribution in [2.45, 2.75) is 14.7 Å². The molecule has 3 nitrogen and oxygen atoms in total. The molecule has 2 aromatic carbocycles. The molecule has 5 heteroatoms. The fourth-order valence-corrected chi connectivity index (χ4v) is 5.08. The van der Waals surface area contributed by atoms with E-state index in [0.717, 1.165) is 15.9 Å². The molecule has 0 radical (unpaired) electrons. The number of benzene rings is 2. The van der Waals surface area contributed by atoms with Crippen molar-refractivity contribution in [2.24, 2.45) is 0 Å². The van der Waals surface area contributed by atoms with Crippen LogP contribution in [0.5, 0.6) is 0 Å². The molecular formula is C21H19N3S2. The van der Waals surface area contributed by atoms with Crippen LogP contribution in [-0.4, -0.2) is 30.3 Å². The molecule has 0 N–H and O–H groups in total. The zero-order chi connectivity index (χ0) is 18.1. The fourth-order valence-electron chi connectivity index (χ4n) is 3.10. The summed E-state index contributed by atoms with van der Waals surface area (Å²) in [6.07, 6.45) is 6.06. The summed E-state index contributed by atoms with van der Waals surface area (Å²) in [6, 6.07) is 16.6. The van der Waals surface area contributed by atoms with Gasteiger partial charge in [-0.1, -0.05) is 48.2 Å². The van der Waals surface area contributed by atoms with Crippen LogP contribution in [0.3, 0.4) is 0 Å². The first-order valence-electron chi connectivity index (χ1n) is 8.33. The van der Waals surface area contributed by atoms with Crippen LogP contribution in [0, 0.1) is 0 Å². The first-order chi connectivity index (χ1) is 12.7. The highest BCUT2D eigenvalue weighted by molar-refractivity contribution is 8.02. The number of fused-ring (bicyclic) bond motifs is 2. The molecule has 0 aliphatic rings. The van der Waals surface area contributed by atoms with Crippen molar-refractivity contribution in [3.05, 3.63) is 60.9 Å². The zero-order valence-electron chi connectivity index (χ0n) is 14.9. The van der Waals surface area contributed by atoms with E-state index in [9.17, 15) is 0 Å². The first kappa shape index (κ1) is 17.2. The van der Waals surface area contributed by atoms with Gasteiger partial charge in [0.25, 0.3) is 0 Å². The molecule has 4 aromatic rings. The van der Waals surface area contributed by atoms with Crippen LogP contribution in [0.15, 0.2) is 75.6 Å². The van der Waals surface area contributed by atoms with Gasteiger partial charge in [0, 0.05) is 47.1 Å². The Morgan fingerprint density at radius 2 is 1.35 bits per heavy atom. The van der Waals surface area contributed by atoms with E-state index in [1.165, 1.54) is 26.3 Å². The van der Waals surface area contributed by atoms with E-state index < -0.39 is 0 Å². The topological polar surface area (TPSA) is 29.0 Å². The summed E-state index contributed by atoms with van der Waals surface area (Å²) in [5.74, 6) is 0. The van der Waals surface area contributed by atoms with Gasteiger partial charge in [-0.25, -0.2) is 0 Å². The van der Waals surface area contributed by atoms with Gasteiger partial charge in [0.2, 0.25) is 0 Å². The van der Waals surface area contributed by atoms with Gasteiger partial charge >= 0.3 is 0 Å². The highest BCUT2D eigenvalue weighted by Gasteiger charge is 2.16. The summed E-state index contributed by atoms with van der Waals surface area (Å²) in [5, 5.41) is 2.36. The summed E-state index contributed by atoms with van der Waals surface area (Å²) in [7, 11) is 4.18. The predicted octanol–water partition coefficient (Wildman–Crippen LogP) is 5.72. The molecule has 0 bridgehead atoms. The maximum Gasteiger partial charge on any atom is 0.0723 e. The van der Waals surface area contributed by atoms with Gasteiger partial charge in [-0.15, -0.1) is 11.8 Å². The number of aromatic nitrogens is 2. The second-order valence-corrected chi connectivity index (χ2v) is 8.06. The molecule has 0 saturated carbocycles. The van der Waals surface area contributed by atoms with Crippen LogP contribution in [0.4, 0.5) is 5.69 Å². The van der Waals surface area contributed by atoms with E-state index in [4.69, 9.17) is 0 Å². The number of rotatable bonds is 4. The second-order valence-electron chi connectivity index (χ2n) is 6.16. The summed E-state index contributed by atoms with van der Waals surface area (Å²) < 4.78 is 0. The Kier molecular flexibility index (Phi) is 4.74. The lowest BCUT2D eigenvalue weighted by Gasteiger charge is -2.20. The molecule has 4 rings (SSSR count). The van der Waals surface area contributed by atoms with E-state index in [-0.39, 0.29) is 0 Å². The van der Waals surface area contributed by atoms with Gasteiger partial charge in [-0.05, 0) is 18.4 Å². The number of hydrogen-bond acceptors (Lipinski definition) is 5. The summed E-state index contributed by atoms with van der Waals surface area (Å²) >= 11 is 3.50. The van der Waals surface area contributed by atoms with E-state index in [1.54, 1.807) is 23.5 Å². The Bertz CT molecular complexity index is 1090. The van der Waals surface area contributed by atoms with Crippen LogP contribution >= 0.6 is 23.5 Å². The lowest BCUT2D eigenvalue weighted by atomic mass is 10.2. The Labute approximate surface area is 161 Å². The van der Waals surface area contributed by atoms with Gasteiger partial charge in [0.15, 0.2) is 0 Å². The predicted molar refractivity (Wildman–Crippen MR) is 114 cm³/mol. The van der Waals surface area contributed by atoms with Crippen LogP contribution in [-0.2, 0) is 0 Å². The Morgan fingerprint density at radius 1 is 0.769 bits per heavy atom. The van der Waals surface area contributed by atoms with Gasteiger partial charge in [-0.3, -0.25) is 9.97 Å². The van der Waals surface area contributed by atoms with E-state index >= 15 is 0 Å². The average Bonchev–Trinajstić information content (AvgIpc) is 2.67. The van der Waals surface area contributed by atoms with Crippen LogP contribution in [0.2, 0.25) is 0 Å². The van der Waals surface area contributed by atoms with Crippen LogP contribution < -0.4 is 4.90 Å². The van der Waals surface area contributed by atoms with E-state index in [0.29, 0.717) is 0 Å². The molecule has 26 heavy (non-hydrogen) atoms. The maximum atomic E-state index is 4.69. The SMILES string of the molecule is CSc1cnc2ccccc2c1Sc1cnc2ccccc2c1N(C)C. The average molecular weight is 378 g/mol. The van der Waals surface area contributed by atoms with Gasteiger partial charge in [-0.2, -0.15) is 0 Å². The standard InChI is InChI=1S/C21H19N3S2/c1-24(2)20-14-8-4-6-10-16(14)22-12-18(20)26-21-15-9-5-7-11-17(15)23-13-19(21)25-3/h4-13H,1-3H3. The third-order valence-corrected chi connectivity index (χ3v) is 6.33. The lowest BCUT2D eigenvalue weighted by molar-refractivity contribution is 1.09. The third-order valence-electron chi connectivity index (χ3n) is 4.29. The molecule has 2 heterocycles. The molecule has 130 valence electrons. The Hall–Kier alpha value is -2.24. The van der Waals surface area contributed by atoms with Crippen molar-refractivity contribution in [3.8, 4) is 0 Å². The molecule has 0 spiro atoms. The molecule has 0 aliphatic carbocycles. The van der Waals surface area contributed by atoms with Crippen molar-refractivity contribution in [1.82, 2.24) is 9.97 Å². The fraction of sp³-hybridized carbons (Fsp3) is 0.143. The lowest BCUT2D eigenvalue weighted by Crippen LogP contribution is -2.11. The van der Waals surface area contributed by atoms with E-state index in [1.807, 2.05) is 24.5 Å². The molecule has 0 amide bonds. The highest BCUT2D eigenvalue weighted by Crippen LogP contribution is 2.43. The number of para-hydroxylation sites is 2. The second kappa shape index (κ2) is 7.17. The van der Waals surface area contributed by atoms with Crippen molar-refractivity contribution >= 4 is 51.0 Å². The summed E-state index contributed by atoms with van der Waals surface area (Å²) in [6.45, 7) is 0. The van der Waals surface area contributed by atoms with Gasteiger partial charge < -0.3 is 4.90 Å². The first-order valence-corrected chi connectivity index (χ1v) is 10.4. The largest absolute Gasteiger partial charge is 0.376 e. The number of anilines is 1. The number of nitrogens with zero attached hydrogens (tertiary/aromatic N) is 3. The van der Waals surface area contributed by atoms with Crippen molar-refractivity contribution in [1.29, 1.82) is 0 Å². The highest BCUT2D eigenvalue weighted by atomic mass is 32.2. The monoisotopic (exact) mass is 377 g/mol.